The van der Waals surface area contributed by atoms with Crippen molar-refractivity contribution in [3.05, 3.63) is 77.0 Å². The second kappa shape index (κ2) is 11.6. The first-order valence-corrected chi connectivity index (χ1v) is 12.0. The second-order valence-electron chi connectivity index (χ2n) is 9.17. The molecule has 38 heavy (non-hydrogen) atoms. The van der Waals surface area contributed by atoms with Gasteiger partial charge in [0.05, 0.1) is 45.5 Å². The van der Waals surface area contributed by atoms with Gasteiger partial charge < -0.3 is 20.2 Å². The number of carboxylic acid groups (broad SMARTS) is 3. The van der Waals surface area contributed by atoms with E-state index in [1.54, 1.807) is 45.0 Å². The molecule has 10 nitrogen and oxygen atoms in total. The third-order valence-corrected chi connectivity index (χ3v) is 6.10. The van der Waals surface area contributed by atoms with Gasteiger partial charge in [-0.15, -0.1) is 0 Å². The minimum atomic E-state index is -1.15. The van der Waals surface area contributed by atoms with Crippen LogP contribution in [-0.4, -0.2) is 60.9 Å². The Morgan fingerprint density at radius 2 is 1.53 bits per heavy atom. The van der Waals surface area contributed by atoms with Gasteiger partial charge in [-0.1, -0.05) is 6.58 Å². The van der Waals surface area contributed by atoms with E-state index in [1.807, 2.05) is 0 Å². The van der Waals surface area contributed by atoms with Gasteiger partial charge in [-0.3, -0.25) is 14.8 Å². The number of aromatic carboxylic acids is 2. The van der Waals surface area contributed by atoms with E-state index in [-0.39, 0.29) is 22.5 Å². The van der Waals surface area contributed by atoms with Crippen LogP contribution in [0, 0.1) is 5.92 Å². The maximum atomic E-state index is 11.9. The van der Waals surface area contributed by atoms with Crippen molar-refractivity contribution in [2.24, 2.45) is 10.9 Å². The minimum Gasteiger partial charge on any atom is -0.481 e. The van der Waals surface area contributed by atoms with Gasteiger partial charge in [0.25, 0.3) is 0 Å². The topological polar surface area (TPSA) is 153 Å². The monoisotopic (exact) mass is 518 g/mol. The zero-order valence-corrected chi connectivity index (χ0v) is 21.7. The van der Waals surface area contributed by atoms with Crippen LogP contribution in [0.1, 0.15) is 65.7 Å². The van der Waals surface area contributed by atoms with Gasteiger partial charge in [0.1, 0.15) is 0 Å². The van der Waals surface area contributed by atoms with Crippen LogP contribution in [0.5, 0.6) is 0 Å². The predicted molar refractivity (Wildman–Crippen MR) is 143 cm³/mol. The zero-order chi connectivity index (χ0) is 28.1. The van der Waals surface area contributed by atoms with E-state index >= 15 is 0 Å². The summed E-state index contributed by atoms with van der Waals surface area (Å²) in [6.45, 7) is 9.22. The van der Waals surface area contributed by atoms with Crippen LogP contribution in [-0.2, 0) is 11.2 Å². The van der Waals surface area contributed by atoms with E-state index in [0.717, 1.165) is 0 Å². The van der Waals surface area contributed by atoms with E-state index < -0.39 is 23.8 Å². The number of pyridine rings is 2. The highest BCUT2D eigenvalue weighted by atomic mass is 16.4. The van der Waals surface area contributed by atoms with Gasteiger partial charge in [-0.2, -0.15) is 0 Å². The SMILES string of the molecule is C=C1/C(C)=N/C(=C\C(C)C(=O)O)CCCc2cc(C(=O)O)cc(n2)-c2cc(C(=O)O)cc(n2)/C(C)=C\N1C. The van der Waals surface area contributed by atoms with Crippen LogP contribution in [0.3, 0.4) is 0 Å². The summed E-state index contributed by atoms with van der Waals surface area (Å²) in [5.74, 6) is -4.02. The lowest BCUT2D eigenvalue weighted by Gasteiger charge is -2.19. The zero-order valence-electron chi connectivity index (χ0n) is 21.7. The fraction of sp³-hybridized carbons (Fsp3) is 0.286. The number of aliphatic imine (C=N–C) groups is 1. The summed E-state index contributed by atoms with van der Waals surface area (Å²) in [7, 11) is 1.77. The largest absolute Gasteiger partial charge is 0.481 e. The lowest BCUT2D eigenvalue weighted by atomic mass is 10.0. The molecule has 10 heteroatoms. The van der Waals surface area contributed by atoms with Gasteiger partial charge in [-0.25, -0.2) is 14.6 Å². The first kappa shape index (κ1) is 28.0. The Morgan fingerprint density at radius 1 is 0.947 bits per heavy atom. The van der Waals surface area contributed by atoms with Gasteiger partial charge in [-0.05, 0) is 75.9 Å². The smallest absolute Gasteiger partial charge is 0.335 e. The summed E-state index contributed by atoms with van der Waals surface area (Å²) < 4.78 is 0. The van der Waals surface area contributed by atoms with E-state index in [1.165, 1.54) is 24.3 Å². The summed E-state index contributed by atoms with van der Waals surface area (Å²) in [5.41, 5.74) is 3.68. The molecule has 0 saturated carbocycles. The maximum Gasteiger partial charge on any atom is 0.335 e. The molecular weight excluding hydrogens is 488 g/mol. The number of hydrogen-bond donors (Lipinski definition) is 3. The third-order valence-electron chi connectivity index (χ3n) is 6.10. The van der Waals surface area contributed by atoms with Crippen LogP contribution in [0.4, 0.5) is 0 Å². The first-order chi connectivity index (χ1) is 17.8. The first-order valence-electron chi connectivity index (χ1n) is 12.0. The van der Waals surface area contributed by atoms with E-state index in [9.17, 15) is 29.7 Å². The van der Waals surface area contributed by atoms with Crippen molar-refractivity contribution in [2.75, 3.05) is 7.05 Å². The summed E-state index contributed by atoms with van der Waals surface area (Å²) in [6.07, 6.45) is 4.65. The van der Waals surface area contributed by atoms with E-state index in [2.05, 4.69) is 21.5 Å². The summed E-state index contributed by atoms with van der Waals surface area (Å²) in [5, 5.41) is 28.8. The second-order valence-corrected chi connectivity index (χ2v) is 9.17. The minimum absolute atomic E-state index is 0.00243. The molecule has 1 unspecified atom stereocenters. The number of aliphatic carboxylic acids is 1. The van der Waals surface area contributed by atoms with Gasteiger partial charge in [0.2, 0.25) is 0 Å². The Labute approximate surface area is 220 Å². The van der Waals surface area contributed by atoms with Crippen molar-refractivity contribution in [3.63, 3.8) is 0 Å². The molecule has 1 aliphatic heterocycles. The number of fused-ring (bicyclic) bond motifs is 5. The number of carboxylic acids is 3. The number of aryl methyl sites for hydroxylation is 1. The molecule has 0 fully saturated rings. The number of carbonyl (C=O) groups is 3. The Bertz CT molecular complexity index is 1410. The number of hydrogen-bond acceptors (Lipinski definition) is 7. The normalized spacial score (nSPS) is 19.2. The summed E-state index contributed by atoms with van der Waals surface area (Å²) >= 11 is 0. The highest BCUT2D eigenvalue weighted by Crippen LogP contribution is 2.25. The molecule has 0 aromatic carbocycles. The van der Waals surface area contributed by atoms with Crippen LogP contribution >= 0.6 is 0 Å². The molecular formula is C28H30N4O6. The Balaban J connectivity index is 2.24. The van der Waals surface area contributed by atoms with Crippen molar-refractivity contribution >= 4 is 29.2 Å². The van der Waals surface area contributed by atoms with Gasteiger partial charge >= 0.3 is 17.9 Å². The molecule has 3 rings (SSSR count). The van der Waals surface area contributed by atoms with Crippen LogP contribution in [0.15, 0.2) is 59.5 Å². The number of nitrogens with zero attached hydrogens (tertiary/aromatic N) is 4. The van der Waals surface area contributed by atoms with Crippen LogP contribution < -0.4 is 0 Å². The Hall–Kier alpha value is -4.60. The molecule has 1 aliphatic rings. The summed E-state index contributed by atoms with van der Waals surface area (Å²) in [4.78, 5) is 50.8. The van der Waals surface area contributed by atoms with Crippen molar-refractivity contribution in [3.8, 4) is 11.4 Å². The van der Waals surface area contributed by atoms with E-state index in [4.69, 9.17) is 0 Å². The van der Waals surface area contributed by atoms with E-state index in [0.29, 0.717) is 53.3 Å². The Morgan fingerprint density at radius 3 is 2.13 bits per heavy atom. The number of rotatable bonds is 4. The predicted octanol–water partition coefficient (Wildman–Crippen LogP) is 4.75. The molecule has 0 aliphatic carbocycles. The van der Waals surface area contributed by atoms with Gasteiger partial charge in [0, 0.05) is 24.6 Å². The van der Waals surface area contributed by atoms with Crippen molar-refractivity contribution < 1.29 is 29.7 Å². The average molecular weight is 519 g/mol. The lowest BCUT2D eigenvalue weighted by Crippen LogP contribution is -2.17. The molecule has 1 atom stereocenters. The number of allylic oxidation sites excluding steroid dienone is 3. The highest BCUT2D eigenvalue weighted by molar-refractivity contribution is 5.98. The average Bonchev–Trinajstić information content (AvgIpc) is 2.86. The molecule has 3 N–H and O–H groups in total. The van der Waals surface area contributed by atoms with Gasteiger partial charge in [0.15, 0.2) is 0 Å². The quantitative estimate of drug-likeness (QED) is 0.520. The fourth-order valence-corrected chi connectivity index (χ4v) is 3.91. The molecule has 4 bridgehead atoms. The molecule has 2 aromatic heterocycles. The highest BCUT2D eigenvalue weighted by Gasteiger charge is 2.17. The summed E-state index contributed by atoms with van der Waals surface area (Å²) in [6, 6.07) is 5.64. The molecule has 2 aromatic rings. The number of aromatic nitrogens is 2. The Kier molecular flexibility index (Phi) is 8.57. The van der Waals surface area contributed by atoms with Crippen LogP contribution in [0.25, 0.3) is 17.0 Å². The lowest BCUT2D eigenvalue weighted by molar-refractivity contribution is -0.139. The van der Waals surface area contributed by atoms with Crippen molar-refractivity contribution in [1.82, 2.24) is 14.9 Å². The third kappa shape index (κ3) is 6.78. The molecule has 3 heterocycles. The van der Waals surface area contributed by atoms with Crippen LogP contribution in [0.2, 0.25) is 0 Å². The van der Waals surface area contributed by atoms with Crippen molar-refractivity contribution in [2.45, 2.75) is 40.0 Å². The fourth-order valence-electron chi connectivity index (χ4n) is 3.91. The molecule has 0 amide bonds. The molecule has 198 valence electrons. The molecule has 0 saturated heterocycles. The standard InChI is InChI=1S/C28H30N4O6/c1-15(26(33)34)9-21-7-6-8-22-10-19(27(35)36)12-24(30-22)25-13-20(28(37)38)11-23(31-25)16(2)14-32(5)18(4)17(3)29-21/h9-15H,4,6-8H2,1-3,5H3,(H,33,34)(H,35,36)(H,37,38)/b16-14-,21-9-,29-17+. The molecule has 0 radical (unpaired) electrons. The maximum absolute atomic E-state index is 11.9. The molecule has 0 spiro atoms. The van der Waals surface area contributed by atoms with Crippen molar-refractivity contribution in [1.29, 1.82) is 0 Å².